The van der Waals surface area contributed by atoms with Gasteiger partial charge in [-0.3, -0.25) is 4.90 Å². The number of nitrogens with one attached hydrogen (secondary N) is 1. The van der Waals surface area contributed by atoms with Crippen LogP contribution < -0.4 is 5.32 Å². The van der Waals surface area contributed by atoms with Crippen LogP contribution in [0.15, 0.2) is 42.6 Å². The summed E-state index contributed by atoms with van der Waals surface area (Å²) in [5.74, 6) is 0.479. The summed E-state index contributed by atoms with van der Waals surface area (Å²) in [6, 6.07) is 12.7. The van der Waals surface area contributed by atoms with Gasteiger partial charge in [0.1, 0.15) is 17.7 Å². The van der Waals surface area contributed by atoms with Crippen molar-refractivity contribution in [2.45, 2.75) is 25.4 Å². The van der Waals surface area contributed by atoms with Gasteiger partial charge in [0.25, 0.3) is 0 Å². The van der Waals surface area contributed by atoms with Crippen LogP contribution in [0.3, 0.4) is 0 Å². The molecule has 1 N–H and O–H groups in total. The lowest BCUT2D eigenvalue weighted by Gasteiger charge is -2.32. The highest BCUT2D eigenvalue weighted by molar-refractivity contribution is 5.51. The highest BCUT2D eigenvalue weighted by Crippen LogP contribution is 2.19. The maximum Gasteiger partial charge on any atom is 0.144 e. The molecule has 1 fully saturated rings. The molecular weight excluding hydrogens is 291 g/mol. The lowest BCUT2D eigenvalue weighted by Crippen LogP contribution is -2.38. The predicted molar refractivity (Wildman–Crippen MR) is 87.3 cm³/mol. The normalized spacial score (nSPS) is 16.0. The molecule has 2 aromatic rings. The molecule has 0 unspecified atom stereocenters. The van der Waals surface area contributed by atoms with Crippen LogP contribution in [-0.2, 0) is 6.54 Å². The molecule has 1 aliphatic heterocycles. The predicted octanol–water partition coefficient (Wildman–Crippen LogP) is 3.17. The van der Waals surface area contributed by atoms with Crippen molar-refractivity contribution >= 4 is 5.82 Å². The zero-order valence-corrected chi connectivity index (χ0v) is 12.9. The number of hydrogen-bond donors (Lipinski definition) is 1. The molecule has 1 aromatic heterocycles. The van der Waals surface area contributed by atoms with Gasteiger partial charge in [-0.05, 0) is 42.7 Å². The number of pyridine rings is 1. The van der Waals surface area contributed by atoms with Gasteiger partial charge in [0.2, 0.25) is 0 Å². The number of halogens is 1. The Morgan fingerprint density at radius 3 is 2.65 bits per heavy atom. The second-order valence-corrected chi connectivity index (χ2v) is 5.83. The summed E-state index contributed by atoms with van der Waals surface area (Å²) in [4.78, 5) is 6.63. The molecule has 0 amide bonds. The monoisotopic (exact) mass is 310 g/mol. The van der Waals surface area contributed by atoms with E-state index < -0.39 is 0 Å². The van der Waals surface area contributed by atoms with Gasteiger partial charge in [0.15, 0.2) is 0 Å². The van der Waals surface area contributed by atoms with E-state index in [0.29, 0.717) is 17.4 Å². The molecule has 4 nitrogen and oxygen atoms in total. The average Bonchev–Trinajstić information content (AvgIpc) is 2.59. The van der Waals surface area contributed by atoms with E-state index in [1.54, 1.807) is 18.3 Å². The second-order valence-electron chi connectivity index (χ2n) is 5.83. The van der Waals surface area contributed by atoms with Crippen molar-refractivity contribution < 1.29 is 4.39 Å². The zero-order valence-electron chi connectivity index (χ0n) is 12.9. The first kappa shape index (κ1) is 15.4. The van der Waals surface area contributed by atoms with Crippen molar-refractivity contribution in [3.63, 3.8) is 0 Å². The number of aromatic nitrogens is 1. The Morgan fingerprint density at radius 2 is 1.96 bits per heavy atom. The topological polar surface area (TPSA) is 52.0 Å². The van der Waals surface area contributed by atoms with E-state index in [4.69, 9.17) is 5.26 Å². The van der Waals surface area contributed by atoms with Gasteiger partial charge in [-0.25, -0.2) is 9.37 Å². The van der Waals surface area contributed by atoms with Crippen LogP contribution in [0.2, 0.25) is 0 Å². The molecule has 23 heavy (non-hydrogen) atoms. The van der Waals surface area contributed by atoms with Gasteiger partial charge in [-0.15, -0.1) is 0 Å². The first-order valence-electron chi connectivity index (χ1n) is 7.83. The number of hydrogen-bond acceptors (Lipinski definition) is 4. The van der Waals surface area contributed by atoms with Gasteiger partial charge in [-0.2, -0.15) is 5.26 Å². The summed E-state index contributed by atoms with van der Waals surface area (Å²) in [5, 5.41) is 12.5. The molecule has 5 heteroatoms. The van der Waals surface area contributed by atoms with Crippen molar-refractivity contribution in [2.75, 3.05) is 18.4 Å². The van der Waals surface area contributed by atoms with Crippen LogP contribution in [0.4, 0.5) is 10.2 Å². The summed E-state index contributed by atoms with van der Waals surface area (Å²) in [5.41, 5.74) is 1.72. The molecule has 1 aromatic carbocycles. The van der Waals surface area contributed by atoms with E-state index in [2.05, 4.69) is 21.3 Å². The van der Waals surface area contributed by atoms with Crippen LogP contribution in [0.1, 0.15) is 24.0 Å². The second kappa shape index (κ2) is 7.21. The Labute approximate surface area is 135 Å². The molecule has 0 saturated carbocycles. The van der Waals surface area contributed by atoms with Crippen LogP contribution >= 0.6 is 0 Å². The van der Waals surface area contributed by atoms with Crippen LogP contribution in [0, 0.1) is 17.1 Å². The molecule has 0 aliphatic carbocycles. The van der Waals surface area contributed by atoms with E-state index in [1.165, 1.54) is 12.1 Å². The number of likely N-dealkylation sites (tertiary alicyclic amines) is 1. The Balaban J connectivity index is 1.52. The molecule has 0 atom stereocenters. The third-order valence-electron chi connectivity index (χ3n) is 4.18. The van der Waals surface area contributed by atoms with E-state index in [9.17, 15) is 4.39 Å². The largest absolute Gasteiger partial charge is 0.366 e. The molecule has 2 heterocycles. The first-order chi connectivity index (χ1) is 11.2. The van der Waals surface area contributed by atoms with Crippen molar-refractivity contribution in [1.29, 1.82) is 5.26 Å². The SMILES string of the molecule is N#Cc1cccnc1NC1CCN(Cc2ccc(F)cc2)CC1. The summed E-state index contributed by atoms with van der Waals surface area (Å²) in [6.45, 7) is 2.80. The van der Waals surface area contributed by atoms with Gasteiger partial charge in [0, 0.05) is 31.9 Å². The summed E-state index contributed by atoms with van der Waals surface area (Å²) < 4.78 is 12.9. The maximum atomic E-state index is 12.9. The minimum atomic E-state index is -0.194. The first-order valence-corrected chi connectivity index (χ1v) is 7.83. The Morgan fingerprint density at radius 1 is 1.22 bits per heavy atom. The van der Waals surface area contributed by atoms with Crippen molar-refractivity contribution in [2.24, 2.45) is 0 Å². The smallest absolute Gasteiger partial charge is 0.144 e. The molecule has 1 saturated heterocycles. The fourth-order valence-electron chi connectivity index (χ4n) is 2.89. The van der Waals surface area contributed by atoms with Crippen molar-refractivity contribution in [3.05, 3.63) is 59.5 Å². The van der Waals surface area contributed by atoms with Crippen molar-refractivity contribution in [1.82, 2.24) is 9.88 Å². The quantitative estimate of drug-likeness (QED) is 0.942. The molecular formula is C18H19FN4. The Hall–Kier alpha value is -2.45. The fourth-order valence-corrected chi connectivity index (χ4v) is 2.89. The summed E-state index contributed by atoms with van der Waals surface area (Å²) in [7, 11) is 0. The molecule has 0 bridgehead atoms. The van der Waals surface area contributed by atoms with Crippen LogP contribution in [0.5, 0.6) is 0 Å². The standard InChI is InChI=1S/C18H19FN4/c19-16-5-3-14(4-6-16)13-23-10-7-17(8-11-23)22-18-15(12-20)2-1-9-21-18/h1-6,9,17H,7-8,10-11,13H2,(H,21,22). The van der Waals surface area contributed by atoms with Crippen LogP contribution in [-0.4, -0.2) is 29.0 Å². The summed E-state index contributed by atoms with van der Waals surface area (Å²) in [6.07, 6.45) is 3.71. The van der Waals surface area contributed by atoms with Gasteiger partial charge in [0.05, 0.1) is 5.56 Å². The Bertz CT molecular complexity index is 685. The molecule has 1 aliphatic rings. The number of nitriles is 1. The Kier molecular flexibility index (Phi) is 4.84. The van der Waals surface area contributed by atoms with Crippen LogP contribution in [0.25, 0.3) is 0 Å². The number of rotatable bonds is 4. The number of anilines is 1. The lowest BCUT2D eigenvalue weighted by molar-refractivity contribution is 0.211. The molecule has 0 spiro atoms. The number of nitrogens with zero attached hydrogens (tertiary/aromatic N) is 3. The number of piperidine rings is 1. The minimum Gasteiger partial charge on any atom is -0.366 e. The molecule has 0 radical (unpaired) electrons. The number of benzene rings is 1. The highest BCUT2D eigenvalue weighted by Gasteiger charge is 2.20. The lowest BCUT2D eigenvalue weighted by atomic mass is 10.0. The third kappa shape index (κ3) is 4.05. The minimum absolute atomic E-state index is 0.194. The zero-order chi connectivity index (χ0) is 16.1. The van der Waals surface area contributed by atoms with E-state index in [1.807, 2.05) is 12.1 Å². The van der Waals surface area contributed by atoms with E-state index in [-0.39, 0.29) is 5.82 Å². The molecule has 118 valence electrons. The van der Waals surface area contributed by atoms with E-state index >= 15 is 0 Å². The van der Waals surface area contributed by atoms with Gasteiger partial charge < -0.3 is 5.32 Å². The highest BCUT2D eigenvalue weighted by atomic mass is 19.1. The maximum absolute atomic E-state index is 12.9. The summed E-state index contributed by atoms with van der Waals surface area (Å²) >= 11 is 0. The fraction of sp³-hybridized carbons (Fsp3) is 0.333. The van der Waals surface area contributed by atoms with Gasteiger partial charge in [-0.1, -0.05) is 12.1 Å². The van der Waals surface area contributed by atoms with E-state index in [0.717, 1.165) is 38.0 Å². The average molecular weight is 310 g/mol. The molecule has 3 rings (SSSR count). The third-order valence-corrected chi connectivity index (χ3v) is 4.18. The van der Waals surface area contributed by atoms with Gasteiger partial charge >= 0.3 is 0 Å². The van der Waals surface area contributed by atoms with Crippen molar-refractivity contribution in [3.8, 4) is 6.07 Å².